The third-order valence-electron chi connectivity index (χ3n) is 7.02. The minimum absolute atomic E-state index is 0.177. The van der Waals surface area contributed by atoms with E-state index in [4.69, 9.17) is 37.9 Å². The standard InChI is InChI=1S/C20H32O6.C16H24O4.C2H6/c1-4-20(2,3)19(21)26-17-15-24-13-11-22-10-12-23-14-16-25-18-8-6-5-7-9-18;1-4-16(2,3)15(17)20-13-11-18-10-12-19-14-8-6-5-7-9-14;1-2/h5-9H,4,10-17H2,1-3H3;5-9H,4,10-13H2,1-3H3;1-2H3. The van der Waals surface area contributed by atoms with Crippen LogP contribution in [0.2, 0.25) is 0 Å². The van der Waals surface area contributed by atoms with Crippen LogP contribution in [-0.4, -0.2) is 91.2 Å². The Balaban J connectivity index is 0.000000901. The Kier molecular flexibility index (Phi) is 26.9. The molecule has 0 aromatic heterocycles. The Morgan fingerprint density at radius 1 is 0.458 bits per heavy atom. The van der Waals surface area contributed by atoms with E-state index in [-0.39, 0.29) is 25.2 Å². The molecule has 0 saturated heterocycles. The van der Waals surface area contributed by atoms with Gasteiger partial charge in [-0.3, -0.25) is 9.59 Å². The number of hydrogen-bond acceptors (Lipinski definition) is 10. The van der Waals surface area contributed by atoms with E-state index in [2.05, 4.69) is 0 Å². The maximum atomic E-state index is 11.7. The molecule has 0 unspecified atom stereocenters. The highest BCUT2D eigenvalue weighted by molar-refractivity contribution is 5.76. The zero-order valence-corrected chi connectivity index (χ0v) is 30.8. The van der Waals surface area contributed by atoms with E-state index in [1.807, 2.05) is 116 Å². The van der Waals surface area contributed by atoms with E-state index in [9.17, 15) is 9.59 Å². The molecule has 0 aliphatic rings. The number of hydrogen-bond donors (Lipinski definition) is 0. The molecule has 0 fully saturated rings. The van der Waals surface area contributed by atoms with E-state index >= 15 is 0 Å². The molecule has 0 saturated carbocycles. The molecule has 2 aromatic rings. The number of esters is 2. The minimum Gasteiger partial charge on any atom is -0.491 e. The minimum atomic E-state index is -0.435. The highest BCUT2D eigenvalue weighted by Gasteiger charge is 2.27. The van der Waals surface area contributed by atoms with Crippen LogP contribution in [0.3, 0.4) is 0 Å². The first-order valence-corrected chi connectivity index (χ1v) is 17.1. The fourth-order valence-electron chi connectivity index (χ4n) is 3.18. The van der Waals surface area contributed by atoms with Crippen LogP contribution in [0, 0.1) is 10.8 Å². The summed E-state index contributed by atoms with van der Waals surface area (Å²) in [5.74, 6) is 1.30. The largest absolute Gasteiger partial charge is 0.491 e. The van der Waals surface area contributed by atoms with E-state index < -0.39 is 10.8 Å². The molecule has 274 valence electrons. The molecule has 10 nitrogen and oxygen atoms in total. The molecule has 0 aliphatic heterocycles. The average Bonchev–Trinajstić information content (AvgIpc) is 3.11. The van der Waals surface area contributed by atoms with Crippen molar-refractivity contribution in [2.24, 2.45) is 10.8 Å². The van der Waals surface area contributed by atoms with Crippen LogP contribution in [-0.2, 0) is 38.0 Å². The highest BCUT2D eigenvalue weighted by atomic mass is 16.6. The van der Waals surface area contributed by atoms with Gasteiger partial charge in [0.1, 0.15) is 37.9 Å². The molecular weight excluding hydrogens is 616 g/mol. The SMILES string of the molecule is CC.CCC(C)(C)C(=O)OCCOCCOCCOCCOc1ccccc1.CCC(C)(C)C(=O)OCCOCCOc1ccccc1. The van der Waals surface area contributed by atoms with E-state index in [0.717, 1.165) is 24.3 Å². The van der Waals surface area contributed by atoms with Crippen LogP contribution in [0.1, 0.15) is 68.2 Å². The summed E-state index contributed by atoms with van der Waals surface area (Å²) in [6.07, 6.45) is 1.51. The molecule has 0 aliphatic carbocycles. The molecule has 2 aromatic carbocycles. The maximum Gasteiger partial charge on any atom is 0.311 e. The van der Waals surface area contributed by atoms with Gasteiger partial charge in [-0.1, -0.05) is 64.1 Å². The zero-order valence-electron chi connectivity index (χ0n) is 30.8. The van der Waals surface area contributed by atoms with Crippen molar-refractivity contribution < 1.29 is 47.5 Å². The third-order valence-corrected chi connectivity index (χ3v) is 7.02. The topological polar surface area (TPSA) is 108 Å². The number of ether oxygens (including phenoxy) is 8. The summed E-state index contributed by atoms with van der Waals surface area (Å²) in [6.45, 7) is 20.7. The predicted molar refractivity (Wildman–Crippen MR) is 189 cm³/mol. The van der Waals surface area contributed by atoms with Gasteiger partial charge in [-0.25, -0.2) is 0 Å². The van der Waals surface area contributed by atoms with Gasteiger partial charge in [0, 0.05) is 0 Å². The van der Waals surface area contributed by atoms with Crippen molar-refractivity contribution >= 4 is 11.9 Å². The van der Waals surface area contributed by atoms with Crippen LogP contribution >= 0.6 is 0 Å². The van der Waals surface area contributed by atoms with Crippen molar-refractivity contribution in [1.29, 1.82) is 0 Å². The van der Waals surface area contributed by atoms with Gasteiger partial charge in [0.15, 0.2) is 0 Å². The Morgan fingerprint density at radius 3 is 1.02 bits per heavy atom. The second-order valence-electron chi connectivity index (χ2n) is 11.5. The van der Waals surface area contributed by atoms with Crippen LogP contribution in [0.25, 0.3) is 0 Å². The van der Waals surface area contributed by atoms with Crippen LogP contribution in [0.5, 0.6) is 11.5 Å². The Hall–Kier alpha value is -3.18. The lowest BCUT2D eigenvalue weighted by atomic mass is 9.91. The first kappa shape index (κ1) is 44.8. The van der Waals surface area contributed by atoms with E-state index in [1.54, 1.807) is 0 Å². The molecule has 48 heavy (non-hydrogen) atoms. The van der Waals surface area contributed by atoms with Gasteiger partial charge in [-0.2, -0.15) is 0 Å². The highest BCUT2D eigenvalue weighted by Crippen LogP contribution is 2.22. The summed E-state index contributed by atoms with van der Waals surface area (Å²) in [6, 6.07) is 19.2. The van der Waals surface area contributed by atoms with Gasteiger partial charge in [-0.05, 0) is 64.8 Å². The van der Waals surface area contributed by atoms with Gasteiger partial charge < -0.3 is 37.9 Å². The first-order chi connectivity index (χ1) is 23.1. The fourth-order valence-corrected chi connectivity index (χ4v) is 3.18. The molecule has 10 heteroatoms. The lowest BCUT2D eigenvalue weighted by Crippen LogP contribution is -2.27. The Labute approximate surface area is 289 Å². The van der Waals surface area contributed by atoms with Crippen LogP contribution in [0.4, 0.5) is 0 Å². The summed E-state index contributed by atoms with van der Waals surface area (Å²) < 4.78 is 42.8. The Morgan fingerprint density at radius 2 is 0.729 bits per heavy atom. The fraction of sp³-hybridized carbons (Fsp3) is 0.632. The maximum absolute atomic E-state index is 11.7. The van der Waals surface area contributed by atoms with Gasteiger partial charge in [0.2, 0.25) is 0 Å². The predicted octanol–water partition coefficient (Wildman–Crippen LogP) is 7.18. The molecular formula is C38H62O10. The summed E-state index contributed by atoms with van der Waals surface area (Å²) in [5.41, 5.74) is -0.855. The van der Waals surface area contributed by atoms with Crippen LogP contribution < -0.4 is 9.47 Å². The number of carbonyl (C=O) groups excluding carboxylic acids is 2. The van der Waals surface area contributed by atoms with Gasteiger partial charge in [-0.15, -0.1) is 0 Å². The number of benzene rings is 2. The van der Waals surface area contributed by atoms with Crippen molar-refractivity contribution in [1.82, 2.24) is 0 Å². The molecule has 0 heterocycles. The second-order valence-corrected chi connectivity index (χ2v) is 11.5. The molecule has 0 amide bonds. The normalized spacial score (nSPS) is 10.9. The molecule has 0 bridgehead atoms. The molecule has 0 atom stereocenters. The average molecular weight is 679 g/mol. The monoisotopic (exact) mass is 678 g/mol. The molecule has 0 spiro atoms. The summed E-state index contributed by atoms with van der Waals surface area (Å²) in [5, 5.41) is 0. The second kappa shape index (κ2) is 28.8. The van der Waals surface area contributed by atoms with Crippen LogP contribution in [0.15, 0.2) is 60.7 Å². The van der Waals surface area contributed by atoms with Gasteiger partial charge in [0.25, 0.3) is 0 Å². The Bertz CT molecular complexity index is 1030. The summed E-state index contributed by atoms with van der Waals surface area (Å²) in [4.78, 5) is 23.4. The summed E-state index contributed by atoms with van der Waals surface area (Å²) in [7, 11) is 0. The molecule has 0 N–H and O–H groups in total. The quantitative estimate of drug-likeness (QED) is 0.0837. The van der Waals surface area contributed by atoms with Crippen molar-refractivity contribution in [3.8, 4) is 11.5 Å². The van der Waals surface area contributed by atoms with Gasteiger partial charge in [0.05, 0.1) is 63.7 Å². The number of carbonyl (C=O) groups is 2. The van der Waals surface area contributed by atoms with E-state index in [0.29, 0.717) is 66.1 Å². The smallest absolute Gasteiger partial charge is 0.311 e. The van der Waals surface area contributed by atoms with E-state index in [1.165, 1.54) is 0 Å². The lowest BCUT2D eigenvalue weighted by molar-refractivity contribution is -0.156. The number of para-hydroxylation sites is 2. The first-order valence-electron chi connectivity index (χ1n) is 17.1. The molecule has 2 rings (SSSR count). The zero-order chi connectivity index (χ0) is 35.9. The van der Waals surface area contributed by atoms with Crippen molar-refractivity contribution in [2.45, 2.75) is 68.2 Å². The van der Waals surface area contributed by atoms with Crippen molar-refractivity contribution in [2.75, 3.05) is 79.3 Å². The number of rotatable bonds is 24. The molecule has 0 radical (unpaired) electrons. The lowest BCUT2D eigenvalue weighted by Gasteiger charge is -2.20. The van der Waals surface area contributed by atoms with Crippen molar-refractivity contribution in [3.63, 3.8) is 0 Å². The van der Waals surface area contributed by atoms with Crippen molar-refractivity contribution in [3.05, 3.63) is 60.7 Å². The third kappa shape index (κ3) is 23.2. The van der Waals surface area contributed by atoms with Gasteiger partial charge >= 0.3 is 11.9 Å². The summed E-state index contributed by atoms with van der Waals surface area (Å²) >= 11 is 0.